The third-order valence-corrected chi connectivity index (χ3v) is 7.77. The summed E-state index contributed by atoms with van der Waals surface area (Å²) < 4.78 is 27.5. The summed E-state index contributed by atoms with van der Waals surface area (Å²) in [4.78, 5) is 11.5. The molecule has 5 nitrogen and oxygen atoms in total. The van der Waals surface area contributed by atoms with Gasteiger partial charge >= 0.3 is 5.97 Å². The summed E-state index contributed by atoms with van der Waals surface area (Å²) in [5.74, 6) is -1.20. The quantitative estimate of drug-likeness (QED) is 0.768. The van der Waals surface area contributed by atoms with Gasteiger partial charge in [-0.25, -0.2) is 13.2 Å². The van der Waals surface area contributed by atoms with Crippen LogP contribution < -0.4 is 4.31 Å². The van der Waals surface area contributed by atoms with Gasteiger partial charge in [0.15, 0.2) is 0 Å². The van der Waals surface area contributed by atoms with Gasteiger partial charge in [-0.3, -0.25) is 4.31 Å². The molecule has 3 rings (SSSR count). The van der Waals surface area contributed by atoms with Crippen LogP contribution in [0.1, 0.15) is 48.0 Å². The summed E-state index contributed by atoms with van der Waals surface area (Å²) in [5, 5.41) is 9.43. The van der Waals surface area contributed by atoms with Crippen LogP contribution in [0.15, 0.2) is 29.3 Å². The second-order valence-corrected chi connectivity index (χ2v) is 9.48. The number of carbonyl (C=O) groups is 1. The first-order chi connectivity index (χ1) is 10.7. The number of rotatable bonds is 5. The Balaban J connectivity index is 2.14. The largest absolute Gasteiger partial charge is 0.478 e. The van der Waals surface area contributed by atoms with Gasteiger partial charge in [0.2, 0.25) is 10.0 Å². The van der Waals surface area contributed by atoms with Crippen LogP contribution in [-0.2, 0) is 10.0 Å². The summed E-state index contributed by atoms with van der Waals surface area (Å²) >= 11 is 3.29. The maximum absolute atomic E-state index is 13.1. The normalized spacial score (nSPS) is 21.8. The number of hydrogen-bond acceptors (Lipinski definition) is 3. The summed E-state index contributed by atoms with van der Waals surface area (Å²) in [7, 11) is -3.55. The number of benzene rings is 1. The highest BCUT2D eigenvalue weighted by Gasteiger charge is 2.57. The third kappa shape index (κ3) is 2.41. The molecular formula is C16H18BrNO4S. The molecule has 1 aromatic carbocycles. The first-order valence-corrected chi connectivity index (χ1v) is 9.67. The van der Waals surface area contributed by atoms with E-state index in [-0.39, 0.29) is 18.0 Å². The standard InChI is InChI=1S/C16H18BrNO4S/c1-3-4-16(5-6-16)23(21,22)18-9-10(2)14-12(15(19)20)7-11(17)8-13(14)18/h3,7-8,10H,1,4-6,9H2,2H3,(H,19,20). The van der Waals surface area contributed by atoms with Crippen LogP contribution in [0.5, 0.6) is 0 Å². The fourth-order valence-corrected chi connectivity index (χ4v) is 6.06. The minimum Gasteiger partial charge on any atom is -0.478 e. The van der Waals surface area contributed by atoms with Crippen molar-refractivity contribution in [1.82, 2.24) is 0 Å². The molecule has 1 heterocycles. The molecule has 0 aromatic heterocycles. The highest BCUT2D eigenvalue weighted by Crippen LogP contribution is 2.52. The predicted octanol–water partition coefficient (Wildman–Crippen LogP) is 3.51. The number of aromatic carboxylic acids is 1. The second kappa shape index (κ2) is 5.34. The van der Waals surface area contributed by atoms with Crippen molar-refractivity contribution in [2.45, 2.75) is 36.9 Å². The van der Waals surface area contributed by atoms with Gasteiger partial charge in [0.05, 0.1) is 16.0 Å². The number of hydrogen-bond donors (Lipinski definition) is 1. The van der Waals surface area contributed by atoms with Crippen LogP contribution >= 0.6 is 15.9 Å². The molecule has 0 radical (unpaired) electrons. The lowest BCUT2D eigenvalue weighted by atomic mass is 9.97. The van der Waals surface area contributed by atoms with Crippen LogP contribution in [0.4, 0.5) is 5.69 Å². The van der Waals surface area contributed by atoms with Gasteiger partial charge in [-0.2, -0.15) is 0 Å². The average molecular weight is 400 g/mol. The number of anilines is 1. The Kier molecular flexibility index (Phi) is 3.84. The van der Waals surface area contributed by atoms with Crippen molar-refractivity contribution in [2.75, 3.05) is 10.8 Å². The first-order valence-electron chi connectivity index (χ1n) is 7.43. The molecule has 1 aliphatic heterocycles. The maximum atomic E-state index is 13.1. The fourth-order valence-electron chi connectivity index (χ4n) is 3.37. The van der Waals surface area contributed by atoms with E-state index in [0.717, 1.165) is 0 Å². The fraction of sp³-hybridized carbons (Fsp3) is 0.438. The van der Waals surface area contributed by atoms with Crippen molar-refractivity contribution in [1.29, 1.82) is 0 Å². The zero-order valence-electron chi connectivity index (χ0n) is 12.8. The Labute approximate surface area is 144 Å². The van der Waals surface area contributed by atoms with Crippen LogP contribution in [0.3, 0.4) is 0 Å². The van der Waals surface area contributed by atoms with Crippen LogP contribution in [0.2, 0.25) is 0 Å². The molecule has 0 saturated heterocycles. The zero-order chi connectivity index (χ0) is 17.0. The van der Waals surface area contributed by atoms with Crippen molar-refractivity contribution in [3.8, 4) is 0 Å². The Bertz CT molecular complexity index is 799. The summed E-state index contributed by atoms with van der Waals surface area (Å²) in [5.41, 5.74) is 1.24. The number of carboxylic acid groups (broad SMARTS) is 1. The van der Waals surface area contributed by atoms with Gasteiger partial charge in [0.1, 0.15) is 0 Å². The highest BCUT2D eigenvalue weighted by molar-refractivity contribution is 9.10. The molecule has 1 aliphatic carbocycles. The van der Waals surface area contributed by atoms with Crippen molar-refractivity contribution in [3.63, 3.8) is 0 Å². The molecule has 7 heteroatoms. The molecule has 1 atom stereocenters. The van der Waals surface area contributed by atoms with Crippen LogP contribution in [0, 0.1) is 0 Å². The van der Waals surface area contributed by atoms with E-state index in [1.54, 1.807) is 12.1 Å². The summed E-state index contributed by atoms with van der Waals surface area (Å²) in [6.45, 7) is 5.82. The topological polar surface area (TPSA) is 74.7 Å². The highest BCUT2D eigenvalue weighted by atomic mass is 79.9. The monoisotopic (exact) mass is 399 g/mol. The van der Waals surface area contributed by atoms with E-state index in [1.807, 2.05) is 6.92 Å². The van der Waals surface area contributed by atoms with Crippen molar-refractivity contribution >= 4 is 37.6 Å². The van der Waals surface area contributed by atoms with Gasteiger partial charge in [-0.1, -0.05) is 28.9 Å². The smallest absolute Gasteiger partial charge is 0.336 e. The van der Waals surface area contributed by atoms with E-state index in [1.165, 1.54) is 10.4 Å². The van der Waals surface area contributed by atoms with E-state index in [0.29, 0.717) is 35.0 Å². The lowest BCUT2D eigenvalue weighted by Gasteiger charge is -2.26. The summed E-state index contributed by atoms with van der Waals surface area (Å²) in [6, 6.07) is 3.23. The van der Waals surface area contributed by atoms with Crippen molar-refractivity contribution < 1.29 is 18.3 Å². The number of sulfonamides is 1. The molecule has 0 bridgehead atoms. The number of halogens is 1. The Hall–Kier alpha value is -1.34. The first kappa shape index (κ1) is 16.5. The Morgan fingerprint density at radius 2 is 2.17 bits per heavy atom. The van der Waals surface area contributed by atoms with E-state index in [4.69, 9.17) is 0 Å². The molecule has 1 saturated carbocycles. The van der Waals surface area contributed by atoms with Crippen molar-refractivity contribution in [3.05, 3.63) is 40.4 Å². The molecule has 0 amide bonds. The molecule has 0 spiro atoms. The average Bonchev–Trinajstić information content (AvgIpc) is 3.18. The molecule has 23 heavy (non-hydrogen) atoms. The molecular weight excluding hydrogens is 382 g/mol. The van der Waals surface area contributed by atoms with E-state index in [2.05, 4.69) is 22.5 Å². The minimum atomic E-state index is -3.55. The summed E-state index contributed by atoms with van der Waals surface area (Å²) in [6.07, 6.45) is 3.33. The second-order valence-electron chi connectivity index (χ2n) is 6.30. The number of fused-ring (bicyclic) bond motifs is 1. The van der Waals surface area contributed by atoms with Gasteiger partial charge < -0.3 is 5.11 Å². The Morgan fingerprint density at radius 3 is 2.70 bits per heavy atom. The molecule has 1 aromatic rings. The van der Waals surface area contributed by atoms with Gasteiger partial charge in [-0.15, -0.1) is 6.58 Å². The van der Waals surface area contributed by atoms with Gasteiger partial charge in [0, 0.05) is 16.9 Å². The zero-order valence-corrected chi connectivity index (χ0v) is 15.2. The number of carboxylic acids is 1. The molecule has 1 N–H and O–H groups in total. The van der Waals surface area contributed by atoms with Gasteiger partial charge in [-0.05, 0) is 37.0 Å². The van der Waals surface area contributed by atoms with E-state index >= 15 is 0 Å². The lowest BCUT2D eigenvalue weighted by molar-refractivity contribution is 0.0695. The number of allylic oxidation sites excluding steroid dienone is 1. The maximum Gasteiger partial charge on any atom is 0.336 e. The number of nitrogens with zero attached hydrogens (tertiary/aromatic N) is 1. The van der Waals surface area contributed by atoms with Crippen molar-refractivity contribution in [2.24, 2.45) is 0 Å². The lowest BCUT2D eigenvalue weighted by Crippen LogP contribution is -2.39. The van der Waals surface area contributed by atoms with E-state index < -0.39 is 20.7 Å². The molecule has 1 unspecified atom stereocenters. The molecule has 1 fully saturated rings. The SMILES string of the molecule is C=CCC1(S(=O)(=O)N2CC(C)c3c(C(=O)O)cc(Br)cc32)CC1. The van der Waals surface area contributed by atoms with Gasteiger partial charge in [0.25, 0.3) is 0 Å². The minimum absolute atomic E-state index is 0.154. The molecule has 2 aliphatic rings. The van der Waals surface area contributed by atoms with E-state index in [9.17, 15) is 18.3 Å². The predicted molar refractivity (Wildman–Crippen MR) is 92.6 cm³/mol. The Morgan fingerprint density at radius 1 is 1.52 bits per heavy atom. The molecule has 124 valence electrons. The third-order valence-electron chi connectivity index (χ3n) is 4.72. The van der Waals surface area contributed by atoms with Crippen LogP contribution in [-0.4, -0.2) is 30.8 Å². The van der Waals surface area contributed by atoms with Crippen LogP contribution in [0.25, 0.3) is 0 Å².